The summed E-state index contributed by atoms with van der Waals surface area (Å²) in [6.07, 6.45) is 0. The van der Waals surface area contributed by atoms with Crippen molar-refractivity contribution in [2.45, 2.75) is 26.8 Å². The molecule has 0 aliphatic heterocycles. The second kappa shape index (κ2) is 6.00. The highest BCUT2D eigenvalue weighted by atomic mass is 79.9. The summed E-state index contributed by atoms with van der Waals surface area (Å²) in [6.45, 7) is 7.44. The Morgan fingerprint density at radius 3 is 2.67 bits per heavy atom. The molecule has 0 fully saturated rings. The minimum Gasteiger partial charge on any atom is -0.306 e. The number of aryl methyl sites for hydroxylation is 2. The maximum atomic E-state index is 3.60. The summed E-state index contributed by atoms with van der Waals surface area (Å²) in [7, 11) is 0. The average molecular weight is 324 g/mol. The van der Waals surface area contributed by atoms with Crippen molar-refractivity contribution in [3.8, 4) is 0 Å². The molecule has 1 unspecified atom stereocenters. The van der Waals surface area contributed by atoms with Gasteiger partial charge in [-0.15, -0.1) is 0 Å². The van der Waals surface area contributed by atoms with Gasteiger partial charge in [-0.05, 0) is 65.5 Å². The number of rotatable bonds is 4. The van der Waals surface area contributed by atoms with E-state index in [-0.39, 0.29) is 0 Å². The Morgan fingerprint density at radius 1 is 1.28 bits per heavy atom. The zero-order chi connectivity index (χ0) is 13.1. The van der Waals surface area contributed by atoms with Crippen LogP contribution in [0, 0.1) is 13.8 Å². The first-order valence-corrected chi connectivity index (χ1v) is 7.89. The third kappa shape index (κ3) is 2.85. The standard InChI is InChI=1S/C15H18BrNS/c1-4-17-15(12-5-6-18-9-12)13-7-11(3)14(16)8-10(13)2/h5-9,15,17H,4H2,1-3H3. The molecule has 0 spiro atoms. The number of halogens is 1. The first-order chi connectivity index (χ1) is 8.63. The van der Waals surface area contributed by atoms with Crippen molar-refractivity contribution in [1.29, 1.82) is 0 Å². The van der Waals surface area contributed by atoms with E-state index in [1.54, 1.807) is 11.3 Å². The molecule has 1 atom stereocenters. The van der Waals surface area contributed by atoms with Gasteiger partial charge in [-0.1, -0.05) is 28.9 Å². The molecule has 1 heterocycles. The van der Waals surface area contributed by atoms with Gasteiger partial charge in [-0.3, -0.25) is 0 Å². The molecule has 1 N–H and O–H groups in total. The van der Waals surface area contributed by atoms with Crippen molar-refractivity contribution < 1.29 is 0 Å². The molecule has 96 valence electrons. The van der Waals surface area contributed by atoms with Gasteiger partial charge in [-0.2, -0.15) is 11.3 Å². The fourth-order valence-electron chi connectivity index (χ4n) is 2.17. The number of nitrogens with one attached hydrogen (secondary N) is 1. The lowest BCUT2D eigenvalue weighted by molar-refractivity contribution is 0.629. The molecule has 1 aromatic carbocycles. The summed E-state index contributed by atoms with van der Waals surface area (Å²) < 4.78 is 1.18. The molecule has 0 saturated carbocycles. The van der Waals surface area contributed by atoms with Crippen LogP contribution in [0.5, 0.6) is 0 Å². The van der Waals surface area contributed by atoms with E-state index in [1.165, 1.54) is 26.7 Å². The Hall–Kier alpha value is -0.640. The number of thiophene rings is 1. The van der Waals surface area contributed by atoms with Gasteiger partial charge in [-0.25, -0.2) is 0 Å². The Kier molecular flexibility index (Phi) is 4.60. The van der Waals surface area contributed by atoms with Gasteiger partial charge in [0.2, 0.25) is 0 Å². The molecule has 0 radical (unpaired) electrons. The first-order valence-electron chi connectivity index (χ1n) is 6.15. The molecule has 3 heteroatoms. The van der Waals surface area contributed by atoms with E-state index in [9.17, 15) is 0 Å². The normalized spacial score (nSPS) is 12.7. The van der Waals surface area contributed by atoms with Crippen LogP contribution in [-0.4, -0.2) is 6.54 Å². The van der Waals surface area contributed by atoms with Crippen LogP contribution in [0.15, 0.2) is 33.4 Å². The summed E-state index contributed by atoms with van der Waals surface area (Å²) in [5, 5.41) is 7.95. The number of benzene rings is 1. The van der Waals surface area contributed by atoms with E-state index < -0.39 is 0 Å². The van der Waals surface area contributed by atoms with Crippen LogP contribution in [0.2, 0.25) is 0 Å². The van der Waals surface area contributed by atoms with E-state index in [2.05, 4.69) is 71.0 Å². The van der Waals surface area contributed by atoms with Gasteiger partial charge in [0.25, 0.3) is 0 Å². The minimum atomic E-state index is 0.299. The summed E-state index contributed by atoms with van der Waals surface area (Å²) in [6, 6.07) is 6.99. The lowest BCUT2D eigenvalue weighted by Gasteiger charge is -2.20. The monoisotopic (exact) mass is 323 g/mol. The van der Waals surface area contributed by atoms with E-state index >= 15 is 0 Å². The molecule has 2 rings (SSSR count). The van der Waals surface area contributed by atoms with Gasteiger partial charge in [0.15, 0.2) is 0 Å². The molecule has 0 aliphatic rings. The zero-order valence-electron chi connectivity index (χ0n) is 11.0. The van der Waals surface area contributed by atoms with Gasteiger partial charge in [0.1, 0.15) is 0 Å². The van der Waals surface area contributed by atoms with E-state index in [0.29, 0.717) is 6.04 Å². The predicted octanol–water partition coefficient (Wildman–Crippen LogP) is 4.83. The van der Waals surface area contributed by atoms with Crippen LogP contribution < -0.4 is 5.32 Å². The van der Waals surface area contributed by atoms with E-state index in [1.807, 2.05) is 0 Å². The lowest BCUT2D eigenvalue weighted by atomic mass is 9.95. The van der Waals surface area contributed by atoms with Crippen LogP contribution in [0.3, 0.4) is 0 Å². The molecule has 0 saturated heterocycles. The highest BCUT2D eigenvalue weighted by Crippen LogP contribution is 2.30. The fourth-order valence-corrected chi connectivity index (χ4v) is 3.31. The Balaban J connectivity index is 2.46. The second-order valence-electron chi connectivity index (χ2n) is 4.51. The van der Waals surface area contributed by atoms with Crippen LogP contribution in [0.4, 0.5) is 0 Å². The summed E-state index contributed by atoms with van der Waals surface area (Å²) in [4.78, 5) is 0. The smallest absolute Gasteiger partial charge is 0.0587 e. The Labute approximate surface area is 121 Å². The van der Waals surface area contributed by atoms with Crippen LogP contribution in [0.25, 0.3) is 0 Å². The van der Waals surface area contributed by atoms with Gasteiger partial charge >= 0.3 is 0 Å². The van der Waals surface area contributed by atoms with Crippen molar-refractivity contribution in [2.24, 2.45) is 0 Å². The maximum absolute atomic E-state index is 3.60. The van der Waals surface area contributed by atoms with Crippen molar-refractivity contribution in [2.75, 3.05) is 6.54 Å². The quantitative estimate of drug-likeness (QED) is 0.850. The van der Waals surface area contributed by atoms with Gasteiger partial charge in [0.05, 0.1) is 6.04 Å². The van der Waals surface area contributed by atoms with Crippen molar-refractivity contribution in [3.63, 3.8) is 0 Å². The van der Waals surface area contributed by atoms with Crippen molar-refractivity contribution in [1.82, 2.24) is 5.32 Å². The largest absolute Gasteiger partial charge is 0.306 e. The van der Waals surface area contributed by atoms with Gasteiger partial charge < -0.3 is 5.32 Å². The topological polar surface area (TPSA) is 12.0 Å². The van der Waals surface area contributed by atoms with Crippen molar-refractivity contribution >= 4 is 27.3 Å². The van der Waals surface area contributed by atoms with Gasteiger partial charge in [0, 0.05) is 4.47 Å². The minimum absolute atomic E-state index is 0.299. The average Bonchev–Trinajstić information content (AvgIpc) is 2.85. The summed E-state index contributed by atoms with van der Waals surface area (Å²) in [5.41, 5.74) is 5.33. The Bertz CT molecular complexity index is 520. The molecule has 0 amide bonds. The maximum Gasteiger partial charge on any atom is 0.0587 e. The molecule has 0 bridgehead atoms. The first kappa shape index (κ1) is 13.8. The van der Waals surface area contributed by atoms with Crippen LogP contribution >= 0.6 is 27.3 Å². The number of hydrogen-bond acceptors (Lipinski definition) is 2. The lowest BCUT2D eigenvalue weighted by Crippen LogP contribution is -2.22. The third-order valence-corrected chi connectivity index (χ3v) is 4.70. The summed E-state index contributed by atoms with van der Waals surface area (Å²) in [5.74, 6) is 0. The predicted molar refractivity (Wildman–Crippen MR) is 83.5 cm³/mol. The zero-order valence-corrected chi connectivity index (χ0v) is 13.4. The molecule has 2 aromatic rings. The number of hydrogen-bond donors (Lipinski definition) is 1. The SMILES string of the molecule is CCNC(c1ccsc1)c1cc(C)c(Br)cc1C. The third-order valence-electron chi connectivity index (χ3n) is 3.14. The Morgan fingerprint density at radius 2 is 2.06 bits per heavy atom. The van der Waals surface area contributed by atoms with Crippen LogP contribution in [0.1, 0.15) is 35.2 Å². The second-order valence-corrected chi connectivity index (χ2v) is 6.14. The molecule has 1 nitrogen and oxygen atoms in total. The van der Waals surface area contributed by atoms with E-state index in [0.717, 1.165) is 6.54 Å². The fraction of sp³-hybridized carbons (Fsp3) is 0.333. The molecular weight excluding hydrogens is 306 g/mol. The van der Waals surface area contributed by atoms with E-state index in [4.69, 9.17) is 0 Å². The molecule has 18 heavy (non-hydrogen) atoms. The molecular formula is C15H18BrNS. The molecule has 0 aliphatic carbocycles. The molecule has 1 aromatic heterocycles. The van der Waals surface area contributed by atoms with Crippen LogP contribution in [-0.2, 0) is 0 Å². The van der Waals surface area contributed by atoms with Crippen molar-refractivity contribution in [3.05, 3.63) is 55.7 Å². The highest BCUT2D eigenvalue weighted by molar-refractivity contribution is 9.10. The summed E-state index contributed by atoms with van der Waals surface area (Å²) >= 11 is 5.35. The highest BCUT2D eigenvalue weighted by Gasteiger charge is 2.16.